The van der Waals surface area contributed by atoms with Gasteiger partial charge < -0.3 is 221 Å². The summed E-state index contributed by atoms with van der Waals surface area (Å²) >= 11 is 0. The zero-order valence-electron chi connectivity index (χ0n) is 82.8. The van der Waals surface area contributed by atoms with E-state index in [4.69, 9.17) is 66.3 Å². The van der Waals surface area contributed by atoms with Gasteiger partial charge in [0.15, 0.2) is 25.2 Å². The number of nitrogens with one attached hydrogen (secondary N) is 5. The molecule has 30 N–H and O–H groups in total. The lowest BCUT2D eigenvalue weighted by molar-refractivity contribution is -0.392. The van der Waals surface area contributed by atoms with Crippen LogP contribution in [0, 0.1) is 0 Å². The summed E-state index contributed by atoms with van der Waals surface area (Å²) in [6.45, 7) is -1.96. The first kappa shape index (κ1) is 126. The molecule has 52 heteroatoms. The van der Waals surface area contributed by atoms with Crippen LogP contribution in [-0.2, 0) is 105 Å². The summed E-state index contributed by atoms with van der Waals surface area (Å²) < 4.78 is 83.4. The molecule has 0 aromatic rings. The van der Waals surface area contributed by atoms with Crippen molar-refractivity contribution in [3.63, 3.8) is 0 Å². The largest absolute Gasteiger partial charge is 0.477 e. The van der Waals surface area contributed by atoms with Crippen molar-refractivity contribution in [1.29, 1.82) is 0 Å². The number of aliphatic carboxylic acids is 3. The van der Waals surface area contributed by atoms with Gasteiger partial charge in [0.2, 0.25) is 29.5 Å². The Kier molecular flexibility index (Phi) is 53.6. The Morgan fingerprint density at radius 3 is 1.19 bits per heavy atom. The first-order chi connectivity index (χ1) is 68.8. The molecule has 40 atom stereocenters. The van der Waals surface area contributed by atoms with Crippen LogP contribution >= 0.6 is 0 Å². The van der Waals surface area contributed by atoms with Crippen LogP contribution < -0.4 is 26.6 Å². The number of carbonyl (C=O) groups excluding carboxylic acids is 5. The SMILES string of the molecule is CCCCCCCCCCCCC/C=C/[C@@H](O)[C@H](CO[C@@H]1OC(CO)[C@@H](O[C@@H]2OC(CO)[C@H](O[C@@H]3OC(CO[C@]4(C(=O)O)CC(O)[C@@H](NC(C)=O)C([C@H](O)[C@H](O)CO)O4)[C@H](O)[C@H](O[C@@H]4OC(CO)[C@H](O)[C@H](O[C@]5(C(=O)O)CC(O)[C@@H](NC(C)=O)C([C@H](O)[C@@H](CO)O[C@]6(C(=O)O)CC(O)[C@@H](NC(C)=O)C([C@H](O)[C@H](O)CO)O6)O5)C4O)C3NC(C)=O)[C@H](O)C2O)[C@H](O)C1O)NC(=O)CCCCCCCCCCCCCCC. The fraction of sp³-hybridized carbons (Fsp3) is 0.892. The van der Waals surface area contributed by atoms with Crippen molar-refractivity contribution in [2.45, 2.75) is 471 Å². The quantitative estimate of drug-likeness (QED) is 0.0199. The lowest BCUT2D eigenvalue weighted by Gasteiger charge is -2.52. The Hall–Kier alpha value is -5.94. The maximum atomic E-state index is 14.0. The summed E-state index contributed by atoms with van der Waals surface area (Å²) in [6.07, 6.45) is -47.8. The number of carbonyl (C=O) groups is 8. The van der Waals surface area contributed by atoms with Gasteiger partial charge in [-0.2, -0.15) is 0 Å². The number of hydrogen-bond acceptors (Lipinski definition) is 44. The first-order valence-corrected chi connectivity index (χ1v) is 50.4. The normalized spacial score (nSPS) is 35.8. The Bertz CT molecular complexity index is 3880. The predicted molar refractivity (Wildman–Crippen MR) is 492 cm³/mol. The van der Waals surface area contributed by atoms with Crippen molar-refractivity contribution < 1.29 is 232 Å². The molecule has 7 aliphatic heterocycles. The van der Waals surface area contributed by atoms with Crippen molar-refractivity contribution in [3.05, 3.63) is 12.2 Å². The molecule has 840 valence electrons. The van der Waals surface area contributed by atoms with E-state index < -0.39 is 363 Å². The van der Waals surface area contributed by atoms with Crippen LogP contribution in [0.15, 0.2) is 12.2 Å². The maximum absolute atomic E-state index is 14.0. The molecule has 0 aliphatic carbocycles. The average Bonchev–Trinajstić information content (AvgIpc) is 0.777. The molecule has 5 amide bonds. The van der Waals surface area contributed by atoms with Crippen molar-refractivity contribution in [2.75, 3.05) is 52.9 Å². The van der Waals surface area contributed by atoms with Gasteiger partial charge in [-0.1, -0.05) is 167 Å². The molecule has 7 rings (SSSR count). The Morgan fingerprint density at radius 1 is 0.386 bits per heavy atom. The van der Waals surface area contributed by atoms with Crippen LogP contribution in [0.1, 0.15) is 228 Å². The van der Waals surface area contributed by atoms with Gasteiger partial charge in [0, 0.05) is 53.4 Å². The second-order valence-electron chi connectivity index (χ2n) is 38.5. The minimum atomic E-state index is -3.67. The minimum absolute atomic E-state index is 0.101. The van der Waals surface area contributed by atoms with E-state index in [0.717, 1.165) is 91.9 Å². The van der Waals surface area contributed by atoms with Crippen LogP contribution in [0.2, 0.25) is 0 Å². The summed E-state index contributed by atoms with van der Waals surface area (Å²) in [5.74, 6) is -21.6. The van der Waals surface area contributed by atoms with Gasteiger partial charge in [0.1, 0.15) is 153 Å². The highest BCUT2D eigenvalue weighted by Crippen LogP contribution is 2.44. The second kappa shape index (κ2) is 61.7. The van der Waals surface area contributed by atoms with E-state index in [1.807, 2.05) is 0 Å². The van der Waals surface area contributed by atoms with Gasteiger partial charge in [-0.25, -0.2) is 14.4 Å². The van der Waals surface area contributed by atoms with Gasteiger partial charge in [-0.3, -0.25) is 24.0 Å². The zero-order valence-corrected chi connectivity index (χ0v) is 82.8. The summed E-state index contributed by atoms with van der Waals surface area (Å²) in [6, 6.07) is -9.17. The van der Waals surface area contributed by atoms with Gasteiger partial charge >= 0.3 is 17.9 Å². The standard InChI is InChI=1S/C93H161N5O47/c1-7-9-11-13-15-17-19-21-23-25-27-29-31-33-51(109)50(98-62(115)34-32-30-28-26-24-22-20-18-16-14-12-10-8-2)44-132-85-74(123)72(121)78(59(42-103)135-85)139-86-75(124)73(122)77(60(43-104)136-86)138-84-66(97-49(6)108)79(71(120)61(137-84)45-133-91(88(126)127)35-52(110)63(94-46(3)105)80(142-91)67(116)55(113)38-99)140-87-76(125)83(69(118)57(40-101)134-87)145-93(90(130)131)37-54(112)65(96-48(5)107)82(144-93)70(119)58(41-102)141-92(89(128)129)36-53(111)64(95-47(4)106)81(143-92)68(117)56(114)39-100/h31,33,50-61,63-87,99-104,109-114,116-125H,7-30,32,34-45H2,1-6H3,(H,94,105)(H,95,106)(H,96,107)(H,97,108)(H,98,115)(H,126,127)(H,128,129)(H,130,131)/b33-31+/t50-,51+,52?,53?,54?,55+,56+,57?,58+,59?,60?,61?,63+,64+,65+,66?,67+,68+,69-,70+,71-,72+,73+,74?,75?,76?,77-,78+,79+,80?,81?,82?,83-,84-,85+,86-,87-,91+,92+,93-/m0/s1. The van der Waals surface area contributed by atoms with Crippen LogP contribution in [0.3, 0.4) is 0 Å². The highest BCUT2D eigenvalue weighted by Gasteiger charge is 2.65. The number of carboxylic acid groups (broad SMARTS) is 3. The maximum Gasteiger partial charge on any atom is 0.364 e. The third-order valence-corrected chi connectivity index (χ3v) is 27.1. The summed E-state index contributed by atoms with van der Waals surface area (Å²) in [4.78, 5) is 106. The molecule has 0 aromatic heterocycles. The molecule has 0 bridgehead atoms. The number of allylic oxidation sites excluding steroid dienone is 1. The number of rotatable bonds is 64. The smallest absolute Gasteiger partial charge is 0.364 e. The fourth-order valence-corrected chi connectivity index (χ4v) is 19.0. The Balaban J connectivity index is 1.18. The third kappa shape index (κ3) is 35.3. The molecular weight excluding hydrogens is 1940 g/mol. The minimum Gasteiger partial charge on any atom is -0.477 e. The summed E-state index contributed by atoms with van der Waals surface area (Å²) in [5, 5.41) is 296. The number of hydrogen-bond donors (Lipinski definition) is 30. The van der Waals surface area contributed by atoms with Gasteiger partial charge in [-0.05, 0) is 19.3 Å². The van der Waals surface area contributed by atoms with Crippen LogP contribution in [-0.4, -0.2) is 472 Å². The van der Waals surface area contributed by atoms with Crippen molar-refractivity contribution >= 4 is 47.4 Å². The topological polar surface area (TPSA) is 832 Å². The fourth-order valence-electron chi connectivity index (χ4n) is 19.0. The lowest BCUT2D eigenvalue weighted by atomic mass is 9.87. The van der Waals surface area contributed by atoms with Crippen LogP contribution in [0.25, 0.3) is 0 Å². The molecule has 14 unspecified atom stereocenters. The lowest BCUT2D eigenvalue weighted by Crippen LogP contribution is -2.72. The van der Waals surface area contributed by atoms with Crippen molar-refractivity contribution in [2.24, 2.45) is 0 Å². The Morgan fingerprint density at radius 2 is 0.752 bits per heavy atom. The summed E-state index contributed by atoms with van der Waals surface area (Å²) in [7, 11) is 0. The van der Waals surface area contributed by atoms with E-state index in [-0.39, 0.29) is 6.42 Å². The van der Waals surface area contributed by atoms with Crippen molar-refractivity contribution in [3.8, 4) is 0 Å². The molecule has 0 spiro atoms. The highest BCUT2D eigenvalue weighted by atomic mass is 16.8. The van der Waals surface area contributed by atoms with E-state index in [1.165, 1.54) is 89.5 Å². The molecule has 7 fully saturated rings. The molecule has 52 nitrogen and oxygen atoms in total. The average molecular weight is 2100 g/mol. The van der Waals surface area contributed by atoms with E-state index in [1.54, 1.807) is 6.08 Å². The molecule has 7 saturated heterocycles. The van der Waals surface area contributed by atoms with Crippen LogP contribution in [0.4, 0.5) is 0 Å². The molecule has 0 saturated carbocycles. The van der Waals surface area contributed by atoms with Gasteiger partial charge in [0.05, 0.1) is 101 Å². The molecule has 7 aliphatic rings. The number of aliphatic hydroxyl groups is 22. The number of ether oxygens (including phenoxy) is 14. The number of aliphatic hydroxyl groups excluding tert-OH is 22. The molecule has 7 heterocycles. The Labute approximate surface area is 839 Å². The molecule has 145 heavy (non-hydrogen) atoms. The zero-order chi connectivity index (χ0) is 107. The van der Waals surface area contributed by atoms with Gasteiger partial charge in [0.25, 0.3) is 17.4 Å². The van der Waals surface area contributed by atoms with E-state index >= 15 is 0 Å². The van der Waals surface area contributed by atoms with Crippen LogP contribution in [0.5, 0.6) is 0 Å². The molecule has 0 aromatic carbocycles. The summed E-state index contributed by atoms with van der Waals surface area (Å²) in [5.41, 5.74) is 0. The number of unbranched alkanes of at least 4 members (excludes halogenated alkanes) is 23. The predicted octanol–water partition coefficient (Wildman–Crippen LogP) is -7.48. The van der Waals surface area contributed by atoms with E-state index in [0.29, 0.717) is 12.8 Å². The van der Waals surface area contributed by atoms with Crippen molar-refractivity contribution in [1.82, 2.24) is 26.6 Å². The molecule has 0 radical (unpaired) electrons. The third-order valence-electron chi connectivity index (χ3n) is 27.1. The molecular formula is C93H161N5O47. The number of carboxylic acids is 3. The van der Waals surface area contributed by atoms with E-state index in [9.17, 15) is 166 Å². The van der Waals surface area contributed by atoms with E-state index in [2.05, 4.69) is 40.4 Å². The monoisotopic (exact) mass is 2100 g/mol. The highest BCUT2D eigenvalue weighted by molar-refractivity contribution is 5.79. The van der Waals surface area contributed by atoms with Gasteiger partial charge in [-0.15, -0.1) is 0 Å². The first-order valence-electron chi connectivity index (χ1n) is 50.4. The second-order valence-corrected chi connectivity index (χ2v) is 38.5. The number of amides is 5.